The molecule has 250 valence electrons. The molecule has 1 aliphatic rings. The second-order valence-corrected chi connectivity index (χ2v) is 18.9. The zero-order valence-electron chi connectivity index (χ0n) is 29.8. The minimum absolute atomic E-state index is 0.00792. The minimum atomic E-state index is -2.90. The van der Waals surface area contributed by atoms with Crippen LogP contribution in [-0.4, -0.2) is 56.2 Å². The van der Waals surface area contributed by atoms with Gasteiger partial charge in [-0.3, -0.25) is 4.90 Å². The van der Waals surface area contributed by atoms with Gasteiger partial charge >= 0.3 is 6.09 Å². The number of carbonyl (C=O) groups excluding carboxylic acids is 1. The van der Waals surface area contributed by atoms with Gasteiger partial charge in [0.25, 0.3) is 8.32 Å². The van der Waals surface area contributed by atoms with Crippen LogP contribution in [0, 0.1) is 11.8 Å². The van der Waals surface area contributed by atoms with E-state index in [0.29, 0.717) is 23.9 Å². The van der Waals surface area contributed by atoms with Crippen molar-refractivity contribution in [1.29, 1.82) is 0 Å². The summed E-state index contributed by atoms with van der Waals surface area (Å²) in [4.78, 5) is 24.9. The van der Waals surface area contributed by atoms with Gasteiger partial charge in [0.15, 0.2) is 5.84 Å². The largest absolute Gasteiger partial charge is 0.494 e. The number of rotatable bonds is 10. The summed E-state index contributed by atoms with van der Waals surface area (Å²) in [7, 11) is -2.90. The summed E-state index contributed by atoms with van der Waals surface area (Å²) in [5.74, 6) is 1.33. The fraction of sp³-hybridized carbons (Fsp3) is 0.500. The number of amidine groups is 1. The smallest absolute Gasteiger partial charge is 0.415 e. The van der Waals surface area contributed by atoms with Crippen LogP contribution in [0.15, 0.2) is 94.4 Å². The van der Waals surface area contributed by atoms with E-state index in [0.717, 1.165) is 6.42 Å². The average Bonchev–Trinajstić information content (AvgIpc) is 2.96. The molecule has 0 aromatic heterocycles. The van der Waals surface area contributed by atoms with E-state index in [9.17, 15) is 4.79 Å². The van der Waals surface area contributed by atoms with Crippen LogP contribution in [0.1, 0.15) is 82.6 Å². The number of hydrogen-bond donors (Lipinski definition) is 0. The zero-order valence-corrected chi connectivity index (χ0v) is 30.8. The van der Waals surface area contributed by atoms with E-state index in [1.54, 1.807) is 11.1 Å². The maximum absolute atomic E-state index is 14.2. The van der Waals surface area contributed by atoms with Crippen LogP contribution in [0.4, 0.5) is 4.79 Å². The Morgan fingerprint density at radius 1 is 0.978 bits per heavy atom. The Kier molecular flexibility index (Phi) is 12.4. The van der Waals surface area contributed by atoms with Gasteiger partial charge in [-0.1, -0.05) is 101 Å². The Morgan fingerprint density at radius 2 is 1.52 bits per heavy atom. The third-order valence-electron chi connectivity index (χ3n) is 8.17. The highest BCUT2D eigenvalue weighted by Crippen LogP contribution is 2.39. The van der Waals surface area contributed by atoms with Crippen molar-refractivity contribution in [2.24, 2.45) is 21.8 Å². The van der Waals surface area contributed by atoms with Crippen molar-refractivity contribution in [3.05, 3.63) is 84.4 Å². The lowest BCUT2D eigenvalue weighted by atomic mass is 9.82. The molecule has 8 heteroatoms. The third-order valence-corrected chi connectivity index (χ3v) is 13.2. The van der Waals surface area contributed by atoms with Crippen molar-refractivity contribution < 1.29 is 18.7 Å². The van der Waals surface area contributed by atoms with E-state index in [-0.39, 0.29) is 29.0 Å². The van der Waals surface area contributed by atoms with Gasteiger partial charge in [0.2, 0.25) is 0 Å². The van der Waals surface area contributed by atoms with Gasteiger partial charge in [-0.05, 0) is 81.9 Å². The molecule has 2 aromatic carbocycles. The van der Waals surface area contributed by atoms with Crippen molar-refractivity contribution in [2.75, 3.05) is 6.61 Å². The predicted octanol–water partition coefficient (Wildman–Crippen LogP) is 8.11. The summed E-state index contributed by atoms with van der Waals surface area (Å²) < 4.78 is 19.3. The first-order valence-corrected chi connectivity index (χ1v) is 18.3. The van der Waals surface area contributed by atoms with Gasteiger partial charge in [0, 0.05) is 0 Å². The van der Waals surface area contributed by atoms with Gasteiger partial charge < -0.3 is 13.9 Å². The topological polar surface area (TPSA) is 72.7 Å². The number of carbonyl (C=O) groups is 1. The van der Waals surface area contributed by atoms with Crippen molar-refractivity contribution in [3.63, 3.8) is 0 Å². The predicted molar refractivity (Wildman–Crippen MR) is 193 cm³/mol. The van der Waals surface area contributed by atoms with Gasteiger partial charge in [-0.2, -0.15) is 0 Å². The molecule has 7 nitrogen and oxygen atoms in total. The van der Waals surface area contributed by atoms with Crippen LogP contribution in [-0.2, 0) is 13.9 Å². The Labute approximate surface area is 278 Å². The summed E-state index contributed by atoms with van der Waals surface area (Å²) >= 11 is 0. The first-order valence-electron chi connectivity index (χ1n) is 16.4. The molecule has 3 rings (SSSR count). The van der Waals surface area contributed by atoms with E-state index in [1.807, 2.05) is 59.8 Å². The summed E-state index contributed by atoms with van der Waals surface area (Å²) in [5.41, 5.74) is -0.151. The minimum Gasteiger partial charge on any atom is -0.494 e. The fourth-order valence-electron chi connectivity index (χ4n) is 6.25. The normalized spacial score (nSPS) is 18.5. The van der Waals surface area contributed by atoms with Crippen molar-refractivity contribution in [3.8, 4) is 0 Å². The fourth-order valence-corrected chi connectivity index (χ4v) is 10.8. The van der Waals surface area contributed by atoms with Crippen molar-refractivity contribution in [2.45, 2.75) is 105 Å². The SMILES string of the molecule is C=NC(=N/C=C(\C)OC(C)C)C1=CCC(C(C)C)C(CO[Si](c2ccccc2)(c2ccccc2)C(C)(C)C)N1C(=O)OC(C)(C)C. The molecule has 0 aliphatic carbocycles. The number of allylic oxidation sites excluding steroid dienone is 2. The molecule has 0 spiro atoms. The Bertz CT molecular complexity index is 1360. The monoisotopic (exact) mass is 645 g/mol. The molecule has 0 saturated heterocycles. The first-order chi connectivity index (χ1) is 21.5. The van der Waals surface area contributed by atoms with Gasteiger partial charge in [-0.15, -0.1) is 0 Å². The molecule has 2 unspecified atom stereocenters. The molecule has 0 fully saturated rings. The molecule has 1 heterocycles. The van der Waals surface area contributed by atoms with Crippen LogP contribution < -0.4 is 10.4 Å². The highest BCUT2D eigenvalue weighted by molar-refractivity contribution is 6.99. The van der Waals surface area contributed by atoms with Crippen LogP contribution in [0.5, 0.6) is 0 Å². The number of aliphatic imine (C=N–C) groups is 2. The lowest BCUT2D eigenvalue weighted by Crippen LogP contribution is -2.68. The van der Waals surface area contributed by atoms with Gasteiger partial charge in [0.05, 0.1) is 30.6 Å². The van der Waals surface area contributed by atoms with E-state index in [2.05, 4.69) is 99.9 Å². The Balaban J connectivity index is 2.21. The summed E-state index contributed by atoms with van der Waals surface area (Å²) in [6.45, 7) is 26.7. The molecule has 2 atom stereocenters. The number of hydrogen-bond acceptors (Lipinski definition) is 5. The number of ether oxygens (including phenoxy) is 2. The summed E-state index contributed by atoms with van der Waals surface area (Å²) in [6, 6.07) is 20.8. The summed E-state index contributed by atoms with van der Waals surface area (Å²) in [6.07, 6.45) is 3.93. The molecule has 0 bridgehead atoms. The van der Waals surface area contributed by atoms with E-state index in [4.69, 9.17) is 13.9 Å². The average molecular weight is 646 g/mol. The van der Waals surface area contributed by atoms with E-state index < -0.39 is 20.0 Å². The van der Waals surface area contributed by atoms with Crippen LogP contribution in [0.2, 0.25) is 5.04 Å². The van der Waals surface area contributed by atoms with Crippen LogP contribution in [0.3, 0.4) is 0 Å². The summed E-state index contributed by atoms with van der Waals surface area (Å²) in [5, 5.41) is 2.15. The Morgan fingerprint density at radius 3 is 1.96 bits per heavy atom. The van der Waals surface area contributed by atoms with Gasteiger partial charge in [-0.25, -0.2) is 14.8 Å². The standard InChI is InChI=1S/C38H55N3O4Si/c1-27(2)32-23-24-33(35(39-12)40-25-29(5)44-28(3)4)41(36(42)45-37(6,7)8)34(32)26-43-46(38(9,10)11,30-19-15-13-16-20-30)31-21-17-14-18-22-31/h13-22,24-25,27-28,32,34H,12,23,26H2,1-11H3/b29-25+,40-35?. The maximum Gasteiger partial charge on any atom is 0.415 e. The number of nitrogens with zero attached hydrogens (tertiary/aromatic N) is 3. The molecule has 0 saturated carbocycles. The Hall–Kier alpha value is -3.49. The van der Waals surface area contributed by atoms with Crippen molar-refractivity contribution >= 4 is 37.3 Å². The number of amides is 1. The van der Waals surface area contributed by atoms with Crippen molar-refractivity contribution in [1.82, 2.24) is 4.90 Å². The number of benzene rings is 2. The molecular weight excluding hydrogens is 591 g/mol. The molecule has 2 aromatic rings. The highest BCUT2D eigenvalue weighted by Gasteiger charge is 2.52. The maximum atomic E-state index is 14.2. The van der Waals surface area contributed by atoms with Gasteiger partial charge in [0.1, 0.15) is 11.4 Å². The molecular formula is C38H55N3O4Si. The second-order valence-electron chi connectivity index (χ2n) is 14.6. The lowest BCUT2D eigenvalue weighted by molar-refractivity contribution is 0.00666. The van der Waals surface area contributed by atoms with E-state index in [1.165, 1.54) is 10.4 Å². The lowest BCUT2D eigenvalue weighted by Gasteiger charge is -2.47. The quantitative estimate of drug-likeness (QED) is 0.113. The zero-order chi connectivity index (χ0) is 34.3. The third kappa shape index (κ3) is 8.85. The molecule has 1 amide bonds. The molecule has 0 radical (unpaired) electrons. The molecule has 0 N–H and O–H groups in total. The highest BCUT2D eigenvalue weighted by atomic mass is 28.4. The molecule has 1 aliphatic heterocycles. The molecule has 46 heavy (non-hydrogen) atoms. The van der Waals surface area contributed by atoms with Crippen LogP contribution >= 0.6 is 0 Å². The van der Waals surface area contributed by atoms with Crippen LogP contribution in [0.25, 0.3) is 0 Å². The first kappa shape index (κ1) is 37.0. The van der Waals surface area contributed by atoms with E-state index >= 15 is 0 Å². The second kappa shape index (κ2) is 15.4.